The number of amides is 1. The Labute approximate surface area is 157 Å². The molecule has 26 heavy (non-hydrogen) atoms. The molecule has 3 rings (SSSR count). The van der Waals surface area contributed by atoms with Gasteiger partial charge in [-0.2, -0.15) is 13.2 Å². The predicted molar refractivity (Wildman–Crippen MR) is 91.1 cm³/mol. The van der Waals surface area contributed by atoms with E-state index in [2.05, 4.69) is 5.32 Å². The van der Waals surface area contributed by atoms with Gasteiger partial charge in [0.15, 0.2) is 0 Å². The van der Waals surface area contributed by atoms with Crippen LogP contribution in [-0.2, 0) is 6.18 Å². The maximum Gasteiger partial charge on any atom is 0.417 e. The van der Waals surface area contributed by atoms with Crippen LogP contribution in [0.15, 0.2) is 36.4 Å². The van der Waals surface area contributed by atoms with Crippen LogP contribution >= 0.6 is 23.2 Å². The molecular weight excluding hydrogens is 393 g/mol. The largest absolute Gasteiger partial charge is 0.417 e. The number of carbonyl (C=O) groups excluding carboxylic acids is 1. The average Bonchev–Trinajstić information content (AvgIpc) is 2.52. The lowest BCUT2D eigenvalue weighted by atomic mass is 9.75. The van der Waals surface area contributed by atoms with Gasteiger partial charge in [0.2, 0.25) is 0 Å². The van der Waals surface area contributed by atoms with Crippen LogP contribution in [0.25, 0.3) is 0 Å². The molecule has 138 valence electrons. The number of hydrogen-bond acceptors (Lipinski definition) is 1. The first-order valence-electron chi connectivity index (χ1n) is 7.80. The summed E-state index contributed by atoms with van der Waals surface area (Å²) >= 11 is 12.0. The smallest absolute Gasteiger partial charge is 0.349 e. The number of carbonyl (C=O) groups is 1. The summed E-state index contributed by atoms with van der Waals surface area (Å²) in [6.07, 6.45) is -3.56. The highest BCUT2D eigenvalue weighted by atomic mass is 35.5. The van der Waals surface area contributed by atoms with Crippen molar-refractivity contribution in [3.8, 4) is 0 Å². The fourth-order valence-corrected chi connectivity index (χ4v) is 3.63. The first-order valence-corrected chi connectivity index (χ1v) is 8.55. The molecule has 0 spiro atoms. The van der Waals surface area contributed by atoms with E-state index in [4.69, 9.17) is 23.2 Å². The Morgan fingerprint density at radius 1 is 1.12 bits per heavy atom. The SMILES string of the molecule is O=C(N[C@H]1CC[C@H]1c1ccc(Cl)cc1Cl)c1c(F)cccc1C(F)(F)F. The van der Waals surface area contributed by atoms with Gasteiger partial charge in [0, 0.05) is 22.0 Å². The van der Waals surface area contributed by atoms with Gasteiger partial charge < -0.3 is 5.32 Å². The number of hydrogen-bond donors (Lipinski definition) is 1. The molecule has 0 heterocycles. The maximum atomic E-state index is 13.9. The van der Waals surface area contributed by atoms with Gasteiger partial charge in [-0.05, 0) is 42.7 Å². The van der Waals surface area contributed by atoms with E-state index in [1.54, 1.807) is 18.2 Å². The molecular formula is C18H13Cl2F4NO. The van der Waals surface area contributed by atoms with Crippen LogP contribution in [0.1, 0.15) is 40.2 Å². The summed E-state index contributed by atoms with van der Waals surface area (Å²) in [5.74, 6) is -2.46. The lowest BCUT2D eigenvalue weighted by Crippen LogP contribution is -2.46. The summed E-state index contributed by atoms with van der Waals surface area (Å²) in [4.78, 5) is 12.3. The van der Waals surface area contributed by atoms with Crippen LogP contribution in [0.4, 0.5) is 17.6 Å². The Hall–Kier alpha value is -1.79. The number of rotatable bonds is 3. The Bertz CT molecular complexity index is 854. The van der Waals surface area contributed by atoms with Crippen molar-refractivity contribution in [3.05, 3.63) is 69.0 Å². The van der Waals surface area contributed by atoms with E-state index in [-0.39, 0.29) is 5.92 Å². The fraction of sp³-hybridized carbons (Fsp3) is 0.278. The molecule has 2 atom stereocenters. The highest BCUT2D eigenvalue weighted by Crippen LogP contribution is 2.41. The fourth-order valence-electron chi connectivity index (χ4n) is 3.08. The molecule has 0 unspecified atom stereocenters. The molecule has 2 nitrogen and oxygen atoms in total. The lowest BCUT2D eigenvalue weighted by Gasteiger charge is -2.38. The van der Waals surface area contributed by atoms with Crippen molar-refractivity contribution in [2.75, 3.05) is 0 Å². The van der Waals surface area contributed by atoms with E-state index in [0.717, 1.165) is 17.7 Å². The van der Waals surface area contributed by atoms with Gasteiger partial charge in [-0.15, -0.1) is 0 Å². The van der Waals surface area contributed by atoms with Crippen LogP contribution in [0.3, 0.4) is 0 Å². The highest BCUT2D eigenvalue weighted by molar-refractivity contribution is 6.35. The molecule has 0 saturated heterocycles. The molecule has 8 heteroatoms. The number of nitrogens with one attached hydrogen (secondary N) is 1. The summed E-state index contributed by atoms with van der Waals surface area (Å²) in [5, 5.41) is 3.38. The summed E-state index contributed by atoms with van der Waals surface area (Å²) in [6, 6.07) is 6.95. The normalized spacial score (nSPS) is 19.8. The minimum absolute atomic E-state index is 0.162. The van der Waals surface area contributed by atoms with Crippen molar-refractivity contribution < 1.29 is 22.4 Å². The number of alkyl halides is 3. The Morgan fingerprint density at radius 2 is 1.85 bits per heavy atom. The first kappa shape index (κ1) is 19.0. The highest BCUT2D eigenvalue weighted by Gasteiger charge is 2.39. The molecule has 1 aliphatic rings. The first-order chi connectivity index (χ1) is 12.2. The van der Waals surface area contributed by atoms with Gasteiger partial charge in [0.25, 0.3) is 5.91 Å². The Kier molecular flexibility index (Phi) is 5.17. The standard InChI is InChI=1S/C18H13Cl2F4NO/c19-9-4-5-10(13(20)8-9)11-6-7-15(11)25-17(26)16-12(18(22,23)24)2-1-3-14(16)21/h1-5,8,11,15H,6-7H2,(H,25,26)/t11-,15-/m0/s1. The lowest BCUT2D eigenvalue weighted by molar-refractivity contribution is -0.138. The zero-order valence-corrected chi connectivity index (χ0v) is 14.7. The third-order valence-electron chi connectivity index (χ3n) is 4.50. The van der Waals surface area contributed by atoms with E-state index >= 15 is 0 Å². The molecule has 0 bridgehead atoms. The topological polar surface area (TPSA) is 29.1 Å². The third kappa shape index (κ3) is 3.67. The Morgan fingerprint density at radius 3 is 2.42 bits per heavy atom. The van der Waals surface area contributed by atoms with Gasteiger partial charge in [-0.25, -0.2) is 4.39 Å². The van der Waals surface area contributed by atoms with Crippen molar-refractivity contribution >= 4 is 29.1 Å². The van der Waals surface area contributed by atoms with Crippen LogP contribution in [-0.4, -0.2) is 11.9 Å². The van der Waals surface area contributed by atoms with Crippen molar-refractivity contribution in [3.63, 3.8) is 0 Å². The van der Waals surface area contributed by atoms with Crippen molar-refractivity contribution in [2.24, 2.45) is 0 Å². The zero-order valence-electron chi connectivity index (χ0n) is 13.2. The summed E-state index contributed by atoms with van der Waals surface area (Å²) in [5.41, 5.74) is -1.54. The second kappa shape index (κ2) is 7.08. The maximum absolute atomic E-state index is 13.9. The minimum Gasteiger partial charge on any atom is -0.349 e. The van der Waals surface area contributed by atoms with Crippen LogP contribution in [0.5, 0.6) is 0 Å². The second-order valence-corrected chi connectivity index (χ2v) is 6.93. The molecule has 2 aromatic rings. The summed E-state index contributed by atoms with van der Waals surface area (Å²) in [7, 11) is 0. The predicted octanol–water partition coefficient (Wildman–Crippen LogP) is 5.83. The molecule has 0 aromatic heterocycles. The molecule has 2 aromatic carbocycles. The van der Waals surface area contributed by atoms with Crippen molar-refractivity contribution in [1.29, 1.82) is 0 Å². The van der Waals surface area contributed by atoms with Gasteiger partial charge in [0.05, 0.1) is 11.1 Å². The Balaban J connectivity index is 1.83. The van der Waals surface area contributed by atoms with Crippen LogP contribution < -0.4 is 5.32 Å². The molecule has 0 aliphatic heterocycles. The van der Waals surface area contributed by atoms with Crippen molar-refractivity contribution in [1.82, 2.24) is 5.32 Å². The molecule has 1 N–H and O–H groups in total. The monoisotopic (exact) mass is 405 g/mol. The summed E-state index contributed by atoms with van der Waals surface area (Å²) < 4.78 is 53.2. The quantitative estimate of drug-likeness (QED) is 0.639. The second-order valence-electron chi connectivity index (χ2n) is 6.09. The van der Waals surface area contributed by atoms with E-state index in [0.29, 0.717) is 29.0 Å². The van der Waals surface area contributed by atoms with Crippen LogP contribution in [0.2, 0.25) is 10.0 Å². The third-order valence-corrected chi connectivity index (χ3v) is 5.06. The average molecular weight is 406 g/mol. The molecule has 1 saturated carbocycles. The van der Waals surface area contributed by atoms with Crippen molar-refractivity contribution in [2.45, 2.75) is 31.0 Å². The van der Waals surface area contributed by atoms with Gasteiger partial charge in [0.1, 0.15) is 5.82 Å². The van der Waals surface area contributed by atoms with E-state index in [9.17, 15) is 22.4 Å². The molecule has 1 aliphatic carbocycles. The molecule has 0 radical (unpaired) electrons. The molecule has 1 amide bonds. The van der Waals surface area contributed by atoms with Crippen LogP contribution in [0, 0.1) is 5.82 Å². The minimum atomic E-state index is -4.83. The van der Waals surface area contributed by atoms with E-state index in [1.165, 1.54) is 0 Å². The van der Waals surface area contributed by atoms with E-state index < -0.39 is 35.1 Å². The number of halogens is 6. The van der Waals surface area contributed by atoms with Gasteiger partial charge >= 0.3 is 6.18 Å². The molecule has 1 fully saturated rings. The van der Waals surface area contributed by atoms with Gasteiger partial charge in [-0.1, -0.05) is 35.3 Å². The van der Waals surface area contributed by atoms with Gasteiger partial charge in [-0.3, -0.25) is 4.79 Å². The van der Waals surface area contributed by atoms with E-state index in [1.807, 2.05) is 0 Å². The zero-order chi connectivity index (χ0) is 19.1. The summed E-state index contributed by atoms with van der Waals surface area (Å²) in [6.45, 7) is 0. The number of benzene rings is 2.